The van der Waals surface area contributed by atoms with Crippen molar-refractivity contribution in [1.82, 2.24) is 10.6 Å². The second-order valence-corrected chi connectivity index (χ2v) is 5.27. The molecule has 0 heterocycles. The Labute approximate surface area is 123 Å². The third kappa shape index (κ3) is 6.47. The fourth-order valence-electron chi connectivity index (χ4n) is 1.66. The van der Waals surface area contributed by atoms with Crippen molar-refractivity contribution in [3.8, 4) is 0 Å². The lowest BCUT2D eigenvalue weighted by molar-refractivity contribution is -0.308. The molecule has 6 heteroatoms. The van der Waals surface area contributed by atoms with Crippen molar-refractivity contribution in [2.24, 2.45) is 0 Å². The molecule has 0 saturated heterocycles. The molecule has 0 aromatic heterocycles. The lowest BCUT2D eigenvalue weighted by Crippen LogP contribution is -2.51. The van der Waals surface area contributed by atoms with Crippen molar-refractivity contribution < 1.29 is 14.7 Å². The Morgan fingerprint density at radius 3 is 2.60 bits per heavy atom. The van der Waals surface area contributed by atoms with Crippen LogP contribution in [-0.2, 0) is 11.2 Å². The highest BCUT2D eigenvalue weighted by Gasteiger charge is 2.12. The quantitative estimate of drug-likeness (QED) is 0.727. The number of hydrogen-bond acceptors (Lipinski definition) is 4. The first-order chi connectivity index (χ1) is 9.63. The van der Waals surface area contributed by atoms with Crippen molar-refractivity contribution in [2.75, 3.05) is 18.6 Å². The smallest absolute Gasteiger partial charge is 0.315 e. The van der Waals surface area contributed by atoms with Crippen LogP contribution in [0.25, 0.3) is 0 Å². The summed E-state index contributed by atoms with van der Waals surface area (Å²) in [5, 5.41) is 15.9. The second kappa shape index (κ2) is 9.25. The third-order valence-corrected chi connectivity index (χ3v) is 3.39. The molecule has 0 aliphatic rings. The van der Waals surface area contributed by atoms with Crippen LogP contribution in [0.15, 0.2) is 30.3 Å². The number of hydrogen-bond donors (Lipinski definition) is 2. The maximum Gasteiger partial charge on any atom is 0.315 e. The van der Waals surface area contributed by atoms with E-state index in [0.717, 1.165) is 5.56 Å². The Morgan fingerprint density at radius 2 is 2.00 bits per heavy atom. The van der Waals surface area contributed by atoms with Gasteiger partial charge in [0.15, 0.2) is 0 Å². The maximum absolute atomic E-state index is 11.6. The highest BCUT2D eigenvalue weighted by molar-refractivity contribution is 7.98. The van der Waals surface area contributed by atoms with Gasteiger partial charge in [0.1, 0.15) is 0 Å². The van der Waals surface area contributed by atoms with E-state index in [4.69, 9.17) is 0 Å². The molecule has 1 rings (SSSR count). The highest BCUT2D eigenvalue weighted by atomic mass is 32.2. The van der Waals surface area contributed by atoms with E-state index in [-0.39, 0.29) is 0 Å². The number of carboxylic acid groups (broad SMARTS) is 1. The summed E-state index contributed by atoms with van der Waals surface area (Å²) in [7, 11) is 0. The molecular weight excluding hydrogens is 276 g/mol. The predicted molar refractivity (Wildman–Crippen MR) is 78.5 cm³/mol. The molecule has 1 aromatic rings. The van der Waals surface area contributed by atoms with Gasteiger partial charge in [-0.25, -0.2) is 4.79 Å². The molecule has 20 heavy (non-hydrogen) atoms. The van der Waals surface area contributed by atoms with Crippen molar-refractivity contribution in [2.45, 2.75) is 18.9 Å². The number of amides is 2. The van der Waals surface area contributed by atoms with E-state index >= 15 is 0 Å². The van der Waals surface area contributed by atoms with Gasteiger partial charge < -0.3 is 20.5 Å². The predicted octanol–water partition coefficient (Wildman–Crippen LogP) is 0.400. The lowest BCUT2D eigenvalue weighted by atomic mass is 10.1. The number of thioether (sulfide) groups is 1. The minimum absolute atomic E-state index is 0.357. The zero-order chi connectivity index (χ0) is 14.8. The summed E-state index contributed by atoms with van der Waals surface area (Å²) in [6.07, 6.45) is 2.94. The van der Waals surface area contributed by atoms with Crippen LogP contribution in [0.3, 0.4) is 0 Å². The van der Waals surface area contributed by atoms with Crippen LogP contribution < -0.4 is 15.7 Å². The number of carbonyl (C=O) groups excluding carboxylic acids is 2. The molecular formula is C14H19N2O3S-. The van der Waals surface area contributed by atoms with Gasteiger partial charge in [0.2, 0.25) is 0 Å². The Hall–Kier alpha value is -1.69. The van der Waals surface area contributed by atoms with Gasteiger partial charge in [-0.05, 0) is 30.4 Å². The van der Waals surface area contributed by atoms with Gasteiger partial charge >= 0.3 is 6.03 Å². The molecule has 0 aliphatic heterocycles. The fourth-order valence-corrected chi connectivity index (χ4v) is 2.13. The number of rotatable bonds is 8. The van der Waals surface area contributed by atoms with Gasteiger partial charge in [0, 0.05) is 6.54 Å². The van der Waals surface area contributed by atoms with Crippen molar-refractivity contribution in [3.63, 3.8) is 0 Å². The van der Waals surface area contributed by atoms with Crippen molar-refractivity contribution >= 4 is 23.8 Å². The summed E-state index contributed by atoms with van der Waals surface area (Å²) < 4.78 is 0. The number of carboxylic acids is 1. The first-order valence-electron chi connectivity index (χ1n) is 6.41. The van der Waals surface area contributed by atoms with Gasteiger partial charge in [0.05, 0.1) is 12.0 Å². The Bertz CT molecular complexity index is 426. The SMILES string of the molecule is CSCC[C@H](NC(=O)NCCc1ccccc1)C(=O)[O-]. The average molecular weight is 295 g/mol. The van der Waals surface area contributed by atoms with Crippen LogP contribution in [0.1, 0.15) is 12.0 Å². The molecule has 2 N–H and O–H groups in total. The average Bonchev–Trinajstić information content (AvgIpc) is 2.44. The zero-order valence-electron chi connectivity index (χ0n) is 11.4. The summed E-state index contributed by atoms with van der Waals surface area (Å²) in [4.78, 5) is 22.5. The van der Waals surface area contributed by atoms with E-state index in [9.17, 15) is 14.7 Å². The number of aliphatic carboxylic acids is 1. The van der Waals surface area contributed by atoms with Crippen LogP contribution in [0.2, 0.25) is 0 Å². The minimum Gasteiger partial charge on any atom is -0.548 e. The summed E-state index contributed by atoms with van der Waals surface area (Å²) in [5.41, 5.74) is 1.12. The number of carbonyl (C=O) groups is 2. The molecule has 0 fully saturated rings. The molecule has 110 valence electrons. The Kier molecular flexibility index (Phi) is 7.57. The van der Waals surface area contributed by atoms with E-state index < -0.39 is 18.0 Å². The molecule has 5 nitrogen and oxygen atoms in total. The summed E-state index contributed by atoms with van der Waals surface area (Å²) in [5.74, 6) is -0.597. The van der Waals surface area contributed by atoms with E-state index in [2.05, 4.69) is 10.6 Å². The van der Waals surface area contributed by atoms with Crippen LogP contribution >= 0.6 is 11.8 Å². The number of urea groups is 1. The van der Waals surface area contributed by atoms with Crippen molar-refractivity contribution in [3.05, 3.63) is 35.9 Å². The number of benzene rings is 1. The first-order valence-corrected chi connectivity index (χ1v) is 7.81. The molecule has 0 radical (unpaired) electrons. The lowest BCUT2D eigenvalue weighted by Gasteiger charge is -2.19. The summed E-state index contributed by atoms with van der Waals surface area (Å²) in [6.45, 7) is 0.456. The minimum atomic E-state index is -1.25. The Morgan fingerprint density at radius 1 is 1.30 bits per heavy atom. The molecule has 1 atom stereocenters. The fraction of sp³-hybridized carbons (Fsp3) is 0.429. The molecule has 0 saturated carbocycles. The van der Waals surface area contributed by atoms with Gasteiger partial charge in [-0.2, -0.15) is 11.8 Å². The normalized spacial score (nSPS) is 11.7. The van der Waals surface area contributed by atoms with Gasteiger partial charge in [-0.15, -0.1) is 0 Å². The van der Waals surface area contributed by atoms with E-state index in [1.807, 2.05) is 36.6 Å². The van der Waals surface area contributed by atoms with Gasteiger partial charge in [-0.3, -0.25) is 0 Å². The molecule has 0 unspecified atom stereocenters. The Balaban J connectivity index is 2.29. The van der Waals surface area contributed by atoms with E-state index in [0.29, 0.717) is 25.1 Å². The first kappa shape index (κ1) is 16.4. The van der Waals surface area contributed by atoms with Gasteiger partial charge in [-0.1, -0.05) is 30.3 Å². The molecule has 0 aliphatic carbocycles. The highest BCUT2D eigenvalue weighted by Crippen LogP contribution is 2.00. The standard InChI is InChI=1S/C14H20N2O3S/c1-20-10-8-12(13(17)18)16-14(19)15-9-7-11-5-3-2-4-6-11/h2-6,12H,7-10H2,1H3,(H,17,18)(H2,15,16,19)/p-1/t12-/m0/s1. The van der Waals surface area contributed by atoms with Crippen LogP contribution in [0.5, 0.6) is 0 Å². The third-order valence-electron chi connectivity index (χ3n) is 2.74. The number of nitrogens with one attached hydrogen (secondary N) is 2. The summed E-state index contributed by atoms with van der Waals surface area (Å²) in [6, 6.07) is 8.33. The molecule has 1 aromatic carbocycles. The van der Waals surface area contributed by atoms with Crippen LogP contribution in [0, 0.1) is 0 Å². The van der Waals surface area contributed by atoms with E-state index in [1.165, 1.54) is 11.8 Å². The van der Waals surface area contributed by atoms with Gasteiger partial charge in [0.25, 0.3) is 0 Å². The van der Waals surface area contributed by atoms with Crippen LogP contribution in [0.4, 0.5) is 4.79 Å². The van der Waals surface area contributed by atoms with Crippen LogP contribution in [-0.4, -0.2) is 36.6 Å². The molecule has 2 amide bonds. The second-order valence-electron chi connectivity index (χ2n) is 4.29. The summed E-state index contributed by atoms with van der Waals surface area (Å²) >= 11 is 1.53. The van der Waals surface area contributed by atoms with E-state index in [1.54, 1.807) is 0 Å². The monoisotopic (exact) mass is 295 g/mol. The zero-order valence-corrected chi connectivity index (χ0v) is 12.2. The topological polar surface area (TPSA) is 81.3 Å². The molecule has 0 bridgehead atoms. The largest absolute Gasteiger partial charge is 0.548 e. The maximum atomic E-state index is 11.6. The molecule has 0 spiro atoms. The van der Waals surface area contributed by atoms with Crippen molar-refractivity contribution in [1.29, 1.82) is 0 Å².